The van der Waals surface area contributed by atoms with Crippen molar-refractivity contribution in [2.75, 3.05) is 13.2 Å². The molecule has 1 fully saturated rings. The molecule has 2 aliphatic rings. The summed E-state index contributed by atoms with van der Waals surface area (Å²) < 4.78 is 7.88. The molecule has 2 unspecified atom stereocenters. The van der Waals surface area contributed by atoms with Gasteiger partial charge in [0, 0.05) is 24.5 Å². The summed E-state index contributed by atoms with van der Waals surface area (Å²) in [6, 6.07) is 9.66. The molecule has 26 heavy (non-hydrogen) atoms. The summed E-state index contributed by atoms with van der Waals surface area (Å²) in [6.07, 6.45) is 5.31. The minimum atomic E-state index is -0.130. The lowest BCUT2D eigenvalue weighted by Crippen LogP contribution is -2.35. The number of carbonyl (C=O) groups excluding carboxylic acids is 1. The fraction of sp³-hybridized carbons (Fsp3) is 0.500. The first-order valence-electron chi connectivity index (χ1n) is 9.46. The number of hydrogen-bond acceptors (Lipinski definition) is 4. The van der Waals surface area contributed by atoms with Crippen molar-refractivity contribution in [1.82, 2.24) is 15.1 Å². The van der Waals surface area contributed by atoms with Crippen LogP contribution >= 0.6 is 0 Å². The number of amides is 1. The first kappa shape index (κ1) is 17.2. The second-order valence-corrected chi connectivity index (χ2v) is 7.04. The second-order valence-electron chi connectivity index (χ2n) is 7.04. The van der Waals surface area contributed by atoms with Crippen LogP contribution in [0.15, 0.2) is 30.3 Å². The van der Waals surface area contributed by atoms with Crippen molar-refractivity contribution in [3.05, 3.63) is 52.8 Å². The molecule has 0 bridgehead atoms. The van der Waals surface area contributed by atoms with E-state index in [2.05, 4.69) is 11.4 Å². The molecule has 1 aromatic heterocycles. The molecule has 0 radical (unpaired) electrons. The van der Waals surface area contributed by atoms with Crippen LogP contribution in [0.5, 0.6) is 0 Å². The quantitative estimate of drug-likeness (QED) is 0.864. The molecule has 0 aliphatic carbocycles. The van der Waals surface area contributed by atoms with Gasteiger partial charge in [-0.2, -0.15) is 5.10 Å². The fourth-order valence-corrected chi connectivity index (χ4v) is 3.84. The van der Waals surface area contributed by atoms with Crippen LogP contribution in [0.3, 0.4) is 0 Å². The van der Waals surface area contributed by atoms with Gasteiger partial charge in [-0.25, -0.2) is 4.68 Å². The van der Waals surface area contributed by atoms with Gasteiger partial charge in [-0.1, -0.05) is 18.2 Å². The first-order chi connectivity index (χ1) is 12.8. The second kappa shape index (κ2) is 7.60. The summed E-state index contributed by atoms with van der Waals surface area (Å²) in [7, 11) is 0. The van der Waals surface area contributed by atoms with Crippen LogP contribution in [0.2, 0.25) is 0 Å². The predicted molar refractivity (Wildman–Crippen MR) is 96.8 cm³/mol. The highest BCUT2D eigenvalue weighted by Crippen LogP contribution is 2.29. The molecule has 2 atom stereocenters. The van der Waals surface area contributed by atoms with E-state index in [1.807, 2.05) is 28.9 Å². The van der Waals surface area contributed by atoms with Crippen molar-refractivity contribution in [2.24, 2.45) is 0 Å². The smallest absolute Gasteiger partial charge is 0.252 e. The number of aliphatic hydroxyl groups excluding tert-OH is 1. The van der Waals surface area contributed by atoms with Gasteiger partial charge in [0.05, 0.1) is 11.7 Å². The number of aliphatic hydroxyl groups is 1. The van der Waals surface area contributed by atoms with Crippen molar-refractivity contribution in [3.8, 4) is 0 Å². The number of rotatable bonds is 5. The van der Waals surface area contributed by atoms with E-state index in [0.717, 1.165) is 61.2 Å². The van der Waals surface area contributed by atoms with E-state index >= 15 is 0 Å². The molecule has 1 aromatic carbocycles. The first-order valence-corrected chi connectivity index (χ1v) is 9.46. The lowest BCUT2D eigenvalue weighted by atomic mass is 9.93. The molecule has 2 N–H and O–H groups in total. The molecule has 138 valence electrons. The van der Waals surface area contributed by atoms with Gasteiger partial charge in [0.15, 0.2) is 0 Å². The maximum Gasteiger partial charge on any atom is 0.252 e. The highest BCUT2D eigenvalue weighted by molar-refractivity contribution is 5.97. The van der Waals surface area contributed by atoms with Crippen LogP contribution in [0, 0.1) is 0 Å². The van der Waals surface area contributed by atoms with Gasteiger partial charge in [0.1, 0.15) is 6.23 Å². The Balaban J connectivity index is 1.62. The van der Waals surface area contributed by atoms with Crippen LogP contribution < -0.4 is 5.32 Å². The van der Waals surface area contributed by atoms with Crippen LogP contribution in [-0.4, -0.2) is 34.0 Å². The number of hydrogen-bond donors (Lipinski definition) is 2. The molecule has 1 amide bonds. The average molecular weight is 355 g/mol. The molecule has 0 saturated carbocycles. The maximum atomic E-state index is 12.4. The lowest BCUT2D eigenvalue weighted by molar-refractivity contribution is -0.0414. The molecular formula is C20H25N3O3. The molecule has 6 heteroatoms. The average Bonchev–Trinajstić information content (AvgIpc) is 3.11. The minimum Gasteiger partial charge on any atom is -0.396 e. The number of fused-ring (bicyclic) bond motifs is 1. The fourth-order valence-electron chi connectivity index (χ4n) is 3.84. The number of aryl methyl sites for hydroxylation is 1. The molecule has 2 aliphatic heterocycles. The van der Waals surface area contributed by atoms with E-state index in [1.165, 1.54) is 0 Å². The summed E-state index contributed by atoms with van der Waals surface area (Å²) in [6.45, 7) is 0.909. The zero-order valence-corrected chi connectivity index (χ0v) is 14.9. The highest BCUT2D eigenvalue weighted by atomic mass is 16.5. The van der Waals surface area contributed by atoms with Crippen molar-refractivity contribution < 1.29 is 14.6 Å². The summed E-state index contributed by atoms with van der Waals surface area (Å²) in [5.74, 6) is -0.0442. The summed E-state index contributed by atoms with van der Waals surface area (Å²) >= 11 is 0. The number of carbonyl (C=O) groups is 1. The Morgan fingerprint density at radius 1 is 1.31 bits per heavy atom. The lowest BCUT2D eigenvalue weighted by Gasteiger charge is -2.25. The van der Waals surface area contributed by atoms with Gasteiger partial charge in [-0.05, 0) is 56.2 Å². The summed E-state index contributed by atoms with van der Waals surface area (Å²) in [5.41, 5.74) is 3.74. The molecule has 6 nitrogen and oxygen atoms in total. The van der Waals surface area contributed by atoms with Crippen molar-refractivity contribution in [2.45, 2.75) is 50.8 Å². The van der Waals surface area contributed by atoms with Gasteiger partial charge in [0.25, 0.3) is 5.91 Å². The number of nitrogens with zero attached hydrogens (tertiary/aromatic N) is 2. The zero-order valence-electron chi connectivity index (χ0n) is 14.9. The Hall–Kier alpha value is -2.18. The van der Waals surface area contributed by atoms with Gasteiger partial charge in [-0.3, -0.25) is 4.79 Å². The van der Waals surface area contributed by atoms with Crippen LogP contribution in [0.25, 0.3) is 0 Å². The molecule has 4 rings (SSSR count). The summed E-state index contributed by atoms with van der Waals surface area (Å²) in [4.78, 5) is 12.4. The van der Waals surface area contributed by atoms with E-state index in [1.54, 1.807) is 0 Å². The van der Waals surface area contributed by atoms with Crippen LogP contribution in [-0.2, 0) is 17.6 Å². The molecular weight excluding hydrogens is 330 g/mol. The summed E-state index contributed by atoms with van der Waals surface area (Å²) in [5, 5.41) is 17.1. The third-order valence-electron chi connectivity index (χ3n) is 5.20. The van der Waals surface area contributed by atoms with E-state index in [0.29, 0.717) is 6.42 Å². The third kappa shape index (κ3) is 3.39. The molecule has 3 heterocycles. The van der Waals surface area contributed by atoms with Crippen LogP contribution in [0.4, 0.5) is 0 Å². The monoisotopic (exact) mass is 355 g/mol. The predicted octanol–water partition coefficient (Wildman–Crippen LogP) is 2.53. The Morgan fingerprint density at radius 3 is 3.00 bits per heavy atom. The van der Waals surface area contributed by atoms with Crippen LogP contribution in [0.1, 0.15) is 65.3 Å². The number of benzene rings is 1. The van der Waals surface area contributed by atoms with E-state index < -0.39 is 0 Å². The minimum absolute atomic E-state index is 0.0437. The third-order valence-corrected chi connectivity index (χ3v) is 5.20. The van der Waals surface area contributed by atoms with Gasteiger partial charge >= 0.3 is 0 Å². The van der Waals surface area contributed by atoms with E-state index in [-0.39, 0.29) is 24.8 Å². The van der Waals surface area contributed by atoms with Gasteiger partial charge < -0.3 is 15.2 Å². The number of aromatic nitrogens is 2. The van der Waals surface area contributed by atoms with Crippen molar-refractivity contribution in [1.29, 1.82) is 0 Å². The van der Waals surface area contributed by atoms with Gasteiger partial charge in [0.2, 0.25) is 0 Å². The van der Waals surface area contributed by atoms with Gasteiger partial charge in [-0.15, -0.1) is 0 Å². The highest BCUT2D eigenvalue weighted by Gasteiger charge is 2.28. The zero-order chi connectivity index (χ0) is 17.9. The van der Waals surface area contributed by atoms with E-state index in [4.69, 9.17) is 9.84 Å². The number of nitrogens with one attached hydrogen (secondary N) is 1. The molecule has 0 spiro atoms. The van der Waals surface area contributed by atoms with Crippen molar-refractivity contribution in [3.63, 3.8) is 0 Å². The molecule has 2 aromatic rings. The number of ether oxygens (including phenoxy) is 1. The Morgan fingerprint density at radius 2 is 2.19 bits per heavy atom. The normalized spacial score (nSPS) is 22.7. The SMILES string of the molecule is O=C1NC(c2cc(CCCO)n(C3CCCCO3)n2)Cc2ccccc21. The molecule has 1 saturated heterocycles. The topological polar surface area (TPSA) is 76.4 Å². The Kier molecular flexibility index (Phi) is 5.04. The van der Waals surface area contributed by atoms with Crippen molar-refractivity contribution >= 4 is 5.91 Å². The maximum absolute atomic E-state index is 12.4. The largest absolute Gasteiger partial charge is 0.396 e. The standard InChI is InChI=1S/C20H25N3O3/c24-10-5-7-15-13-18(22-23(15)19-9-3-4-11-26-19)17-12-14-6-1-2-8-16(14)20(25)21-17/h1-2,6,8,13,17,19,24H,3-5,7,9-12H2,(H,21,25). The van der Waals surface area contributed by atoms with E-state index in [9.17, 15) is 9.90 Å². The Labute approximate surface area is 153 Å². The Bertz CT molecular complexity index is 780.